The molecule has 1 heterocycles. The Morgan fingerprint density at radius 1 is 0.968 bits per heavy atom. The molecule has 0 aliphatic heterocycles. The van der Waals surface area contributed by atoms with Crippen LogP contribution in [0.5, 0.6) is 0 Å². The van der Waals surface area contributed by atoms with Crippen LogP contribution in [0.2, 0.25) is 0 Å². The standard InChI is InChI=1S/C24H25FN4O2/c25-18-13-14-21(20(26)17-18)28-23(30)12-5-2-8-16-29(19-9-3-1-4-10-19)24(31)22-11-6-7-15-27-22/h1,3-4,6-7,9-11,13-15,17H,2,5,8,12,16,26H2,(H,28,30). The van der Waals surface area contributed by atoms with Crippen molar-refractivity contribution in [2.45, 2.75) is 25.7 Å². The van der Waals surface area contributed by atoms with Gasteiger partial charge in [-0.05, 0) is 55.3 Å². The van der Waals surface area contributed by atoms with Crippen molar-refractivity contribution in [3.8, 4) is 0 Å². The Labute approximate surface area is 180 Å². The Kier molecular flexibility index (Phi) is 7.70. The van der Waals surface area contributed by atoms with Crippen LogP contribution in [0.25, 0.3) is 0 Å². The van der Waals surface area contributed by atoms with Gasteiger partial charge in [-0.1, -0.05) is 30.7 Å². The molecule has 0 aliphatic carbocycles. The van der Waals surface area contributed by atoms with Gasteiger partial charge in [-0.2, -0.15) is 0 Å². The zero-order valence-corrected chi connectivity index (χ0v) is 17.1. The third-order valence-electron chi connectivity index (χ3n) is 4.77. The molecule has 3 N–H and O–H groups in total. The molecular formula is C24H25FN4O2. The number of aromatic nitrogens is 1. The molecule has 0 saturated heterocycles. The van der Waals surface area contributed by atoms with E-state index in [4.69, 9.17) is 5.73 Å². The maximum atomic E-state index is 13.1. The number of amides is 2. The Hall–Kier alpha value is -3.74. The number of nitrogens with one attached hydrogen (secondary N) is 1. The Morgan fingerprint density at radius 2 is 1.74 bits per heavy atom. The smallest absolute Gasteiger partial charge is 0.276 e. The highest BCUT2D eigenvalue weighted by Gasteiger charge is 2.18. The van der Waals surface area contributed by atoms with Gasteiger partial charge in [0.1, 0.15) is 11.5 Å². The number of nitrogens with two attached hydrogens (primary N) is 1. The van der Waals surface area contributed by atoms with Crippen molar-refractivity contribution in [2.24, 2.45) is 0 Å². The van der Waals surface area contributed by atoms with E-state index in [0.717, 1.165) is 18.5 Å². The molecule has 0 bridgehead atoms. The molecule has 0 fully saturated rings. The molecule has 1 aromatic heterocycles. The molecule has 160 valence electrons. The molecule has 0 spiro atoms. The number of hydrogen-bond acceptors (Lipinski definition) is 4. The topological polar surface area (TPSA) is 88.3 Å². The molecule has 3 aromatic rings. The van der Waals surface area contributed by atoms with Gasteiger partial charge in [0, 0.05) is 24.8 Å². The van der Waals surface area contributed by atoms with E-state index in [2.05, 4.69) is 10.3 Å². The molecule has 2 aromatic carbocycles. The van der Waals surface area contributed by atoms with Crippen LogP contribution in [-0.4, -0.2) is 23.3 Å². The van der Waals surface area contributed by atoms with Gasteiger partial charge < -0.3 is 16.0 Å². The lowest BCUT2D eigenvalue weighted by molar-refractivity contribution is -0.116. The quantitative estimate of drug-likeness (QED) is 0.390. The maximum Gasteiger partial charge on any atom is 0.276 e. The summed E-state index contributed by atoms with van der Waals surface area (Å²) in [5.74, 6) is -0.780. The van der Waals surface area contributed by atoms with Crippen molar-refractivity contribution >= 4 is 28.9 Å². The number of pyridine rings is 1. The number of carbonyl (C=O) groups excluding carboxylic acids is 2. The lowest BCUT2D eigenvalue weighted by atomic mass is 10.1. The zero-order chi connectivity index (χ0) is 22.1. The second-order valence-electron chi connectivity index (χ2n) is 7.10. The highest BCUT2D eigenvalue weighted by molar-refractivity contribution is 6.04. The van der Waals surface area contributed by atoms with Crippen molar-refractivity contribution < 1.29 is 14.0 Å². The normalized spacial score (nSPS) is 10.5. The van der Waals surface area contributed by atoms with E-state index in [1.807, 2.05) is 30.3 Å². The Balaban J connectivity index is 1.50. The van der Waals surface area contributed by atoms with E-state index in [0.29, 0.717) is 30.8 Å². The Morgan fingerprint density at radius 3 is 2.45 bits per heavy atom. The number of benzene rings is 2. The maximum absolute atomic E-state index is 13.1. The summed E-state index contributed by atoms with van der Waals surface area (Å²) in [6.07, 6.45) is 4.08. The number of anilines is 3. The van der Waals surface area contributed by atoms with Gasteiger partial charge >= 0.3 is 0 Å². The van der Waals surface area contributed by atoms with E-state index < -0.39 is 5.82 Å². The molecule has 0 radical (unpaired) electrons. The summed E-state index contributed by atoms with van der Waals surface area (Å²) in [5.41, 5.74) is 7.51. The van der Waals surface area contributed by atoms with E-state index in [1.54, 1.807) is 29.3 Å². The van der Waals surface area contributed by atoms with Gasteiger partial charge in [-0.25, -0.2) is 4.39 Å². The summed E-state index contributed by atoms with van der Waals surface area (Å²) in [5, 5.41) is 2.70. The number of para-hydroxylation sites is 1. The van der Waals surface area contributed by atoms with E-state index in [1.165, 1.54) is 18.2 Å². The number of carbonyl (C=O) groups is 2. The van der Waals surface area contributed by atoms with Crippen LogP contribution in [0.15, 0.2) is 72.9 Å². The Bertz CT molecular complexity index is 1010. The molecule has 6 nitrogen and oxygen atoms in total. The first kappa shape index (κ1) is 22.0. The SMILES string of the molecule is Nc1cc(F)ccc1NC(=O)CCCCCN(C(=O)c1ccccn1)c1ccccc1. The lowest BCUT2D eigenvalue weighted by Gasteiger charge is -2.22. The van der Waals surface area contributed by atoms with Gasteiger partial charge in [0.05, 0.1) is 11.4 Å². The zero-order valence-electron chi connectivity index (χ0n) is 17.1. The van der Waals surface area contributed by atoms with Gasteiger partial charge in [-0.3, -0.25) is 14.6 Å². The summed E-state index contributed by atoms with van der Waals surface area (Å²) in [4.78, 5) is 30.9. The van der Waals surface area contributed by atoms with Crippen LogP contribution in [0.4, 0.5) is 21.5 Å². The summed E-state index contributed by atoms with van der Waals surface area (Å²) >= 11 is 0. The number of halogens is 1. The average Bonchev–Trinajstić information content (AvgIpc) is 2.79. The van der Waals surface area contributed by atoms with Crippen LogP contribution in [0.3, 0.4) is 0 Å². The number of nitrogens with zero attached hydrogens (tertiary/aromatic N) is 2. The van der Waals surface area contributed by atoms with Crippen LogP contribution >= 0.6 is 0 Å². The molecule has 0 saturated carbocycles. The van der Waals surface area contributed by atoms with Crippen molar-refractivity contribution in [3.05, 3.63) is 84.4 Å². The van der Waals surface area contributed by atoms with Crippen LogP contribution < -0.4 is 16.0 Å². The van der Waals surface area contributed by atoms with E-state index in [-0.39, 0.29) is 17.5 Å². The second kappa shape index (κ2) is 10.9. The minimum atomic E-state index is -0.446. The number of nitrogen functional groups attached to an aromatic ring is 1. The first-order chi connectivity index (χ1) is 15.0. The van der Waals surface area contributed by atoms with Crippen LogP contribution in [-0.2, 0) is 4.79 Å². The lowest BCUT2D eigenvalue weighted by Crippen LogP contribution is -2.32. The first-order valence-electron chi connectivity index (χ1n) is 10.2. The molecule has 3 rings (SSSR count). The predicted octanol–water partition coefficient (Wildman–Crippen LogP) is 4.65. The van der Waals surface area contributed by atoms with Gasteiger partial charge in [0.25, 0.3) is 5.91 Å². The minimum absolute atomic E-state index is 0.156. The second-order valence-corrected chi connectivity index (χ2v) is 7.10. The molecule has 31 heavy (non-hydrogen) atoms. The van der Waals surface area contributed by atoms with Gasteiger partial charge in [0.15, 0.2) is 0 Å². The first-order valence-corrected chi connectivity index (χ1v) is 10.2. The molecule has 7 heteroatoms. The molecule has 0 unspecified atom stereocenters. The predicted molar refractivity (Wildman–Crippen MR) is 120 cm³/mol. The summed E-state index contributed by atoms with van der Waals surface area (Å²) in [6.45, 7) is 0.520. The third kappa shape index (κ3) is 6.37. The summed E-state index contributed by atoms with van der Waals surface area (Å²) in [6, 6.07) is 18.6. The fourth-order valence-corrected chi connectivity index (χ4v) is 3.18. The fourth-order valence-electron chi connectivity index (χ4n) is 3.18. The van der Waals surface area contributed by atoms with Crippen molar-refractivity contribution in [1.82, 2.24) is 4.98 Å². The molecule has 2 amide bonds. The average molecular weight is 420 g/mol. The number of hydrogen-bond donors (Lipinski definition) is 2. The highest BCUT2D eigenvalue weighted by Crippen LogP contribution is 2.20. The number of unbranched alkanes of at least 4 members (excludes halogenated alkanes) is 2. The van der Waals surface area contributed by atoms with Crippen molar-refractivity contribution in [3.63, 3.8) is 0 Å². The molecule has 0 atom stereocenters. The van der Waals surface area contributed by atoms with Crippen molar-refractivity contribution in [2.75, 3.05) is 22.5 Å². The monoisotopic (exact) mass is 420 g/mol. The summed E-state index contributed by atoms with van der Waals surface area (Å²) in [7, 11) is 0. The van der Waals surface area contributed by atoms with E-state index in [9.17, 15) is 14.0 Å². The summed E-state index contributed by atoms with van der Waals surface area (Å²) < 4.78 is 13.1. The largest absolute Gasteiger partial charge is 0.397 e. The van der Waals surface area contributed by atoms with Crippen molar-refractivity contribution in [1.29, 1.82) is 0 Å². The molecule has 0 aliphatic rings. The van der Waals surface area contributed by atoms with Crippen LogP contribution in [0, 0.1) is 5.82 Å². The highest BCUT2D eigenvalue weighted by atomic mass is 19.1. The van der Waals surface area contributed by atoms with Gasteiger partial charge in [0.2, 0.25) is 5.91 Å². The molecular weight excluding hydrogens is 395 g/mol. The number of rotatable bonds is 9. The van der Waals surface area contributed by atoms with E-state index >= 15 is 0 Å². The van der Waals surface area contributed by atoms with Crippen LogP contribution in [0.1, 0.15) is 36.2 Å². The van der Waals surface area contributed by atoms with Gasteiger partial charge in [-0.15, -0.1) is 0 Å². The third-order valence-corrected chi connectivity index (χ3v) is 4.77. The minimum Gasteiger partial charge on any atom is -0.397 e. The fraction of sp³-hybridized carbons (Fsp3) is 0.208.